The lowest BCUT2D eigenvalue weighted by Gasteiger charge is -2.12. The monoisotopic (exact) mass is 329 g/mol. The summed E-state index contributed by atoms with van der Waals surface area (Å²) in [5.41, 5.74) is 0.812. The van der Waals surface area contributed by atoms with Crippen LogP contribution < -0.4 is 14.8 Å². The molecule has 1 unspecified atom stereocenters. The summed E-state index contributed by atoms with van der Waals surface area (Å²) < 4.78 is 11.7. The summed E-state index contributed by atoms with van der Waals surface area (Å²) in [5.74, 6) is 1.04. The maximum absolute atomic E-state index is 12.2. The molecule has 2 heterocycles. The van der Waals surface area contributed by atoms with Crippen LogP contribution in [0.4, 0.5) is 5.13 Å². The number of aromatic nitrogens is 2. The van der Waals surface area contributed by atoms with Crippen molar-refractivity contribution in [2.75, 3.05) is 12.4 Å². The van der Waals surface area contributed by atoms with Crippen LogP contribution in [0.15, 0.2) is 42.7 Å². The number of hydrogen-bond acceptors (Lipinski definition) is 6. The van der Waals surface area contributed by atoms with E-state index in [1.165, 1.54) is 11.3 Å². The van der Waals surface area contributed by atoms with Gasteiger partial charge in [0.15, 0.2) is 11.2 Å². The van der Waals surface area contributed by atoms with E-state index in [0.717, 1.165) is 16.0 Å². The zero-order chi connectivity index (χ0) is 16.2. The Morgan fingerprint density at radius 2 is 2.17 bits per heavy atom. The fraction of sp³-hybridized carbons (Fsp3) is 0.188. The quantitative estimate of drug-likeness (QED) is 0.778. The fourth-order valence-electron chi connectivity index (χ4n) is 1.97. The van der Waals surface area contributed by atoms with Crippen molar-refractivity contribution in [3.8, 4) is 11.5 Å². The van der Waals surface area contributed by atoms with Gasteiger partial charge < -0.3 is 9.47 Å². The Balaban J connectivity index is 1.69. The second-order valence-electron chi connectivity index (χ2n) is 4.79. The number of carbonyl (C=O) groups excluding carboxylic acids is 1. The minimum absolute atomic E-state index is 0.264. The highest BCUT2D eigenvalue weighted by Crippen LogP contribution is 2.29. The third-order valence-corrected chi connectivity index (χ3v) is 4.08. The number of methoxy groups -OCH3 is 1. The van der Waals surface area contributed by atoms with Gasteiger partial charge in [-0.3, -0.25) is 15.1 Å². The predicted molar refractivity (Wildman–Crippen MR) is 89.1 cm³/mol. The van der Waals surface area contributed by atoms with E-state index in [2.05, 4.69) is 15.3 Å². The molecule has 1 amide bonds. The zero-order valence-electron chi connectivity index (χ0n) is 12.6. The number of amides is 1. The van der Waals surface area contributed by atoms with Crippen molar-refractivity contribution in [3.05, 3.63) is 42.7 Å². The number of ether oxygens (including phenoxy) is 2. The second-order valence-corrected chi connectivity index (χ2v) is 5.82. The number of nitrogens with zero attached hydrogens (tertiary/aromatic N) is 2. The average Bonchev–Trinajstić information content (AvgIpc) is 2.96. The molecule has 0 saturated heterocycles. The van der Waals surface area contributed by atoms with Gasteiger partial charge in [-0.2, -0.15) is 0 Å². The first kappa shape index (κ1) is 15.2. The zero-order valence-corrected chi connectivity index (χ0v) is 13.5. The van der Waals surface area contributed by atoms with Gasteiger partial charge in [-0.25, -0.2) is 4.98 Å². The van der Waals surface area contributed by atoms with Crippen LogP contribution in [0.2, 0.25) is 0 Å². The topological polar surface area (TPSA) is 73.3 Å². The van der Waals surface area contributed by atoms with Crippen LogP contribution in [0.5, 0.6) is 11.5 Å². The van der Waals surface area contributed by atoms with Crippen LogP contribution >= 0.6 is 11.3 Å². The number of rotatable bonds is 5. The summed E-state index contributed by atoms with van der Waals surface area (Å²) in [6, 6.07) is 9.08. The van der Waals surface area contributed by atoms with Gasteiger partial charge in [0.05, 0.1) is 23.5 Å². The summed E-state index contributed by atoms with van der Waals surface area (Å²) in [7, 11) is 1.61. The Hall–Kier alpha value is -2.67. The lowest BCUT2D eigenvalue weighted by Crippen LogP contribution is -2.30. The number of carbonyl (C=O) groups is 1. The molecule has 6 nitrogen and oxygen atoms in total. The summed E-state index contributed by atoms with van der Waals surface area (Å²) in [6.45, 7) is 1.68. The van der Waals surface area contributed by atoms with Gasteiger partial charge in [-0.1, -0.05) is 11.3 Å². The molecule has 2 aromatic heterocycles. The number of benzene rings is 1. The molecule has 3 aromatic rings. The first-order valence-corrected chi connectivity index (χ1v) is 7.79. The molecule has 0 aliphatic heterocycles. The molecule has 0 spiro atoms. The van der Waals surface area contributed by atoms with E-state index < -0.39 is 6.10 Å². The minimum atomic E-state index is -0.652. The molecule has 0 aliphatic carbocycles. The molecule has 0 saturated carbocycles. The predicted octanol–water partition coefficient (Wildman–Crippen LogP) is 3.11. The van der Waals surface area contributed by atoms with Crippen LogP contribution in [0.3, 0.4) is 0 Å². The first-order valence-electron chi connectivity index (χ1n) is 6.98. The van der Waals surface area contributed by atoms with Gasteiger partial charge >= 0.3 is 0 Å². The largest absolute Gasteiger partial charge is 0.497 e. The van der Waals surface area contributed by atoms with Crippen LogP contribution in [0.25, 0.3) is 10.2 Å². The highest BCUT2D eigenvalue weighted by atomic mass is 32.1. The molecule has 0 aliphatic rings. The van der Waals surface area contributed by atoms with Crippen molar-refractivity contribution in [3.63, 3.8) is 0 Å². The SMILES string of the molecule is COc1ccc2nc(NC(=O)C(C)Oc3cccnc3)sc2c1. The van der Waals surface area contributed by atoms with Crippen molar-refractivity contribution >= 4 is 32.6 Å². The van der Waals surface area contributed by atoms with Crippen molar-refractivity contribution in [1.29, 1.82) is 0 Å². The van der Waals surface area contributed by atoms with Crippen molar-refractivity contribution < 1.29 is 14.3 Å². The maximum atomic E-state index is 12.2. The molecule has 1 aromatic carbocycles. The Morgan fingerprint density at radius 3 is 2.91 bits per heavy atom. The molecular formula is C16H15N3O3S. The number of thiazole rings is 1. The summed E-state index contributed by atoms with van der Waals surface area (Å²) in [4.78, 5) is 20.5. The van der Waals surface area contributed by atoms with Gasteiger partial charge in [-0.05, 0) is 37.3 Å². The maximum Gasteiger partial charge on any atom is 0.266 e. The normalized spacial score (nSPS) is 11.9. The second kappa shape index (κ2) is 6.62. The molecule has 7 heteroatoms. The molecule has 0 bridgehead atoms. The van der Waals surface area contributed by atoms with Gasteiger partial charge in [0.25, 0.3) is 5.91 Å². The van der Waals surface area contributed by atoms with Crippen molar-refractivity contribution in [2.24, 2.45) is 0 Å². The Labute approximate surface area is 137 Å². The third-order valence-electron chi connectivity index (χ3n) is 3.14. The lowest BCUT2D eigenvalue weighted by atomic mass is 10.3. The molecule has 0 radical (unpaired) electrons. The standard InChI is InChI=1S/C16H15N3O3S/c1-10(22-12-4-3-7-17-9-12)15(20)19-16-18-13-6-5-11(21-2)8-14(13)23-16/h3-10H,1-2H3,(H,18,19,20). The molecule has 0 fully saturated rings. The smallest absolute Gasteiger partial charge is 0.266 e. The Morgan fingerprint density at radius 1 is 1.30 bits per heavy atom. The molecule has 1 N–H and O–H groups in total. The molecular weight excluding hydrogens is 314 g/mol. The number of anilines is 1. The van der Waals surface area contributed by atoms with Gasteiger partial charge in [-0.15, -0.1) is 0 Å². The highest BCUT2D eigenvalue weighted by molar-refractivity contribution is 7.22. The average molecular weight is 329 g/mol. The van der Waals surface area contributed by atoms with E-state index in [4.69, 9.17) is 9.47 Å². The summed E-state index contributed by atoms with van der Waals surface area (Å²) in [6.07, 6.45) is 2.56. The molecule has 1 atom stereocenters. The van der Waals surface area contributed by atoms with E-state index in [0.29, 0.717) is 10.9 Å². The minimum Gasteiger partial charge on any atom is -0.497 e. The third kappa shape index (κ3) is 3.57. The van der Waals surface area contributed by atoms with Crippen molar-refractivity contribution in [2.45, 2.75) is 13.0 Å². The number of fused-ring (bicyclic) bond motifs is 1. The number of hydrogen-bond donors (Lipinski definition) is 1. The van der Waals surface area contributed by atoms with Crippen molar-refractivity contribution in [1.82, 2.24) is 9.97 Å². The molecule has 23 heavy (non-hydrogen) atoms. The fourth-order valence-corrected chi connectivity index (χ4v) is 2.86. The molecule has 3 rings (SSSR count). The van der Waals surface area contributed by atoms with Gasteiger partial charge in [0, 0.05) is 6.20 Å². The Kier molecular flexibility index (Phi) is 4.38. The van der Waals surface area contributed by atoms with Gasteiger partial charge in [0.1, 0.15) is 11.5 Å². The summed E-state index contributed by atoms with van der Waals surface area (Å²) in [5, 5.41) is 3.30. The van der Waals surface area contributed by atoms with E-state index in [9.17, 15) is 4.79 Å². The van der Waals surface area contributed by atoms with E-state index in [-0.39, 0.29) is 5.91 Å². The van der Waals surface area contributed by atoms with E-state index in [1.54, 1.807) is 38.6 Å². The Bertz CT molecular complexity index is 820. The molecule has 118 valence electrons. The number of nitrogens with one attached hydrogen (secondary N) is 1. The van der Waals surface area contributed by atoms with Crippen LogP contribution in [-0.2, 0) is 4.79 Å². The van der Waals surface area contributed by atoms with Crippen LogP contribution in [0.1, 0.15) is 6.92 Å². The van der Waals surface area contributed by atoms with Crippen LogP contribution in [-0.4, -0.2) is 29.1 Å². The lowest BCUT2D eigenvalue weighted by molar-refractivity contribution is -0.122. The first-order chi connectivity index (χ1) is 11.2. The van der Waals surface area contributed by atoms with E-state index >= 15 is 0 Å². The highest BCUT2D eigenvalue weighted by Gasteiger charge is 2.17. The van der Waals surface area contributed by atoms with E-state index in [1.807, 2.05) is 18.2 Å². The number of pyridine rings is 1. The van der Waals surface area contributed by atoms with Crippen LogP contribution in [0, 0.1) is 0 Å². The summed E-state index contributed by atoms with van der Waals surface area (Å²) >= 11 is 1.39. The van der Waals surface area contributed by atoms with Gasteiger partial charge in [0.2, 0.25) is 0 Å².